The fourth-order valence-corrected chi connectivity index (χ4v) is 3.38. The molecule has 29 heavy (non-hydrogen) atoms. The lowest BCUT2D eigenvalue weighted by Gasteiger charge is -2.06. The first-order chi connectivity index (χ1) is 14.2. The average molecular weight is 382 g/mol. The lowest BCUT2D eigenvalue weighted by atomic mass is 10.1. The molecule has 7 heteroatoms. The van der Waals surface area contributed by atoms with Crippen molar-refractivity contribution < 1.29 is 4.79 Å². The van der Waals surface area contributed by atoms with E-state index in [-0.39, 0.29) is 5.91 Å². The Hall–Kier alpha value is -4.00. The van der Waals surface area contributed by atoms with Crippen molar-refractivity contribution in [3.8, 4) is 22.5 Å². The van der Waals surface area contributed by atoms with Gasteiger partial charge in [0.2, 0.25) is 5.91 Å². The number of anilines is 1. The summed E-state index contributed by atoms with van der Waals surface area (Å²) in [7, 11) is 0. The molecule has 0 radical (unpaired) electrons. The van der Waals surface area contributed by atoms with Crippen LogP contribution in [-0.2, 0) is 4.79 Å². The number of aromatic amines is 2. The number of nitrogens with zero attached hydrogens (tertiary/aromatic N) is 3. The number of hydrogen-bond acceptors (Lipinski definition) is 4. The second kappa shape index (κ2) is 6.87. The maximum atomic E-state index is 11.7. The number of rotatable bonds is 4. The molecule has 1 amide bonds. The van der Waals surface area contributed by atoms with Gasteiger partial charge in [0.15, 0.2) is 5.65 Å². The van der Waals surface area contributed by atoms with Crippen LogP contribution in [0.15, 0.2) is 61.1 Å². The van der Waals surface area contributed by atoms with Gasteiger partial charge in [-0.3, -0.25) is 14.9 Å². The maximum absolute atomic E-state index is 11.7. The predicted molar refractivity (Wildman–Crippen MR) is 113 cm³/mol. The molecule has 0 aliphatic heterocycles. The highest BCUT2D eigenvalue weighted by Crippen LogP contribution is 2.31. The highest BCUT2D eigenvalue weighted by Gasteiger charge is 2.13. The fourth-order valence-electron chi connectivity index (χ4n) is 3.38. The Bertz CT molecular complexity index is 1320. The van der Waals surface area contributed by atoms with Crippen LogP contribution < -0.4 is 5.32 Å². The number of carbonyl (C=O) groups excluding carboxylic acids is 1. The summed E-state index contributed by atoms with van der Waals surface area (Å²) in [6.45, 7) is 1.81. The molecule has 0 atom stereocenters. The van der Waals surface area contributed by atoms with Gasteiger partial charge >= 0.3 is 0 Å². The zero-order valence-electron chi connectivity index (χ0n) is 15.7. The second-order valence-corrected chi connectivity index (χ2v) is 6.83. The number of carbonyl (C=O) groups is 1. The molecule has 4 heterocycles. The van der Waals surface area contributed by atoms with Crippen molar-refractivity contribution in [3.63, 3.8) is 0 Å². The Morgan fingerprint density at radius 2 is 1.93 bits per heavy atom. The number of amides is 1. The van der Waals surface area contributed by atoms with E-state index in [9.17, 15) is 4.79 Å². The van der Waals surface area contributed by atoms with Gasteiger partial charge in [-0.1, -0.05) is 25.1 Å². The lowest BCUT2D eigenvalue weighted by Crippen LogP contribution is -2.09. The number of aromatic nitrogens is 5. The number of H-pyrrole nitrogens is 2. The molecule has 5 rings (SSSR count). The summed E-state index contributed by atoms with van der Waals surface area (Å²) >= 11 is 0. The van der Waals surface area contributed by atoms with Gasteiger partial charge < -0.3 is 10.3 Å². The zero-order chi connectivity index (χ0) is 19.8. The van der Waals surface area contributed by atoms with Crippen LogP contribution in [0.5, 0.6) is 0 Å². The summed E-state index contributed by atoms with van der Waals surface area (Å²) < 4.78 is 0. The van der Waals surface area contributed by atoms with Gasteiger partial charge in [-0.2, -0.15) is 5.10 Å². The van der Waals surface area contributed by atoms with E-state index in [2.05, 4.69) is 42.6 Å². The van der Waals surface area contributed by atoms with Crippen LogP contribution in [0.1, 0.15) is 13.3 Å². The Morgan fingerprint density at radius 3 is 2.79 bits per heavy atom. The predicted octanol–water partition coefficient (Wildman–Crippen LogP) is 4.52. The Labute approximate surface area is 166 Å². The fraction of sp³-hybridized carbons (Fsp3) is 0.0909. The molecule has 0 saturated heterocycles. The average Bonchev–Trinajstić information content (AvgIpc) is 3.37. The number of nitrogens with one attached hydrogen (secondary N) is 3. The minimum atomic E-state index is -0.0477. The maximum Gasteiger partial charge on any atom is 0.224 e. The first-order valence-corrected chi connectivity index (χ1v) is 9.39. The molecule has 142 valence electrons. The van der Waals surface area contributed by atoms with E-state index in [0.717, 1.165) is 38.8 Å². The number of hydrogen-bond donors (Lipinski definition) is 3. The van der Waals surface area contributed by atoms with E-state index >= 15 is 0 Å². The first kappa shape index (κ1) is 17.1. The molecular formula is C22H18N6O. The van der Waals surface area contributed by atoms with E-state index in [1.54, 1.807) is 18.6 Å². The molecule has 0 spiro atoms. The molecule has 0 bridgehead atoms. The third-order valence-corrected chi connectivity index (χ3v) is 4.88. The smallest absolute Gasteiger partial charge is 0.224 e. The van der Waals surface area contributed by atoms with Gasteiger partial charge in [0.05, 0.1) is 17.6 Å². The zero-order valence-corrected chi connectivity index (χ0v) is 15.7. The molecule has 0 fully saturated rings. The lowest BCUT2D eigenvalue weighted by molar-refractivity contribution is -0.115. The van der Waals surface area contributed by atoms with Crippen molar-refractivity contribution in [2.24, 2.45) is 0 Å². The minimum Gasteiger partial charge on any atom is -0.353 e. The van der Waals surface area contributed by atoms with Gasteiger partial charge in [-0.15, -0.1) is 0 Å². The third-order valence-electron chi connectivity index (χ3n) is 4.88. The van der Waals surface area contributed by atoms with E-state index < -0.39 is 0 Å². The summed E-state index contributed by atoms with van der Waals surface area (Å²) in [4.78, 5) is 23.9. The largest absolute Gasteiger partial charge is 0.353 e. The number of benzene rings is 1. The normalized spacial score (nSPS) is 11.2. The van der Waals surface area contributed by atoms with Crippen molar-refractivity contribution in [3.05, 3.63) is 61.1 Å². The number of fused-ring (bicyclic) bond motifs is 2. The Balaban J connectivity index is 1.58. The SMILES string of the molecule is CCC(=O)Nc1cncc(-c2cnc3[nH]nc(-c4cc5ccccc5[nH]4)c3c2)c1. The van der Waals surface area contributed by atoms with Crippen molar-refractivity contribution >= 4 is 33.5 Å². The summed E-state index contributed by atoms with van der Waals surface area (Å²) in [6.07, 6.45) is 5.59. The van der Waals surface area contributed by atoms with Gasteiger partial charge in [0.1, 0.15) is 5.69 Å². The monoisotopic (exact) mass is 382 g/mol. The van der Waals surface area contributed by atoms with Gasteiger partial charge in [-0.25, -0.2) is 4.98 Å². The van der Waals surface area contributed by atoms with Crippen LogP contribution in [0.3, 0.4) is 0 Å². The highest BCUT2D eigenvalue weighted by molar-refractivity contribution is 5.96. The quantitative estimate of drug-likeness (QED) is 0.426. The summed E-state index contributed by atoms with van der Waals surface area (Å²) in [5.41, 5.74) is 5.95. The molecule has 0 saturated carbocycles. The van der Waals surface area contributed by atoms with Crippen LogP contribution in [-0.4, -0.2) is 31.1 Å². The third kappa shape index (κ3) is 3.12. The van der Waals surface area contributed by atoms with Crippen LogP contribution in [0, 0.1) is 0 Å². The van der Waals surface area contributed by atoms with Gasteiger partial charge in [0, 0.05) is 46.2 Å². The van der Waals surface area contributed by atoms with Crippen molar-refractivity contribution in [1.82, 2.24) is 25.1 Å². The van der Waals surface area contributed by atoms with Crippen molar-refractivity contribution in [2.45, 2.75) is 13.3 Å². The van der Waals surface area contributed by atoms with Crippen molar-refractivity contribution in [1.29, 1.82) is 0 Å². The van der Waals surface area contributed by atoms with E-state index in [0.29, 0.717) is 17.8 Å². The second-order valence-electron chi connectivity index (χ2n) is 6.83. The summed E-state index contributed by atoms with van der Waals surface area (Å²) in [6, 6.07) is 14.1. The number of para-hydroxylation sites is 1. The first-order valence-electron chi connectivity index (χ1n) is 9.39. The Kier molecular flexibility index (Phi) is 4.05. The molecule has 1 aromatic carbocycles. The van der Waals surface area contributed by atoms with E-state index in [4.69, 9.17) is 0 Å². The standard InChI is InChI=1S/C22H18N6O/c1-2-20(29)25-16-7-14(10-23-12-16)15-8-17-21(27-28-22(17)24-11-15)19-9-13-5-3-4-6-18(13)26-19/h3-12,26H,2H2,1H3,(H,25,29)(H,24,27,28). The Morgan fingerprint density at radius 1 is 1.07 bits per heavy atom. The molecule has 5 aromatic rings. The molecule has 0 aliphatic rings. The van der Waals surface area contributed by atoms with Crippen LogP contribution in [0.4, 0.5) is 5.69 Å². The topological polar surface area (TPSA) is 99.3 Å². The molecule has 4 aromatic heterocycles. The van der Waals surface area contributed by atoms with Crippen LogP contribution >= 0.6 is 0 Å². The molecule has 0 aliphatic carbocycles. The summed E-state index contributed by atoms with van der Waals surface area (Å²) in [5.74, 6) is -0.0477. The highest BCUT2D eigenvalue weighted by atomic mass is 16.1. The molecule has 7 nitrogen and oxygen atoms in total. The molecule has 0 unspecified atom stereocenters. The van der Waals surface area contributed by atoms with Gasteiger partial charge in [-0.05, 0) is 24.3 Å². The van der Waals surface area contributed by atoms with Crippen LogP contribution in [0.25, 0.3) is 44.5 Å². The summed E-state index contributed by atoms with van der Waals surface area (Å²) in [5, 5.41) is 12.4. The van der Waals surface area contributed by atoms with E-state index in [1.807, 2.05) is 37.3 Å². The molecular weight excluding hydrogens is 364 g/mol. The van der Waals surface area contributed by atoms with Gasteiger partial charge in [0.25, 0.3) is 0 Å². The minimum absolute atomic E-state index is 0.0477. The molecule has 3 N–H and O–H groups in total. The van der Waals surface area contributed by atoms with E-state index in [1.165, 1.54) is 0 Å². The van der Waals surface area contributed by atoms with Crippen molar-refractivity contribution in [2.75, 3.05) is 5.32 Å². The number of pyridine rings is 2. The van der Waals surface area contributed by atoms with Crippen LogP contribution in [0.2, 0.25) is 0 Å².